The van der Waals surface area contributed by atoms with Gasteiger partial charge in [0.05, 0.1) is 0 Å². The molecule has 0 fully saturated rings. The first-order chi connectivity index (χ1) is 8.61. The first kappa shape index (κ1) is 14.0. The van der Waals surface area contributed by atoms with E-state index in [9.17, 15) is 9.59 Å². The van der Waals surface area contributed by atoms with E-state index in [2.05, 4.69) is 5.32 Å². The summed E-state index contributed by atoms with van der Waals surface area (Å²) >= 11 is 0. The number of hydrogen-bond acceptors (Lipinski definition) is 4. The minimum atomic E-state index is -0.538. The number of nitrogens with one attached hydrogen (secondary N) is 1. The van der Waals surface area contributed by atoms with E-state index in [1.807, 2.05) is 6.92 Å². The van der Waals surface area contributed by atoms with Crippen molar-refractivity contribution in [1.29, 1.82) is 0 Å². The highest BCUT2D eigenvalue weighted by Gasteiger charge is 2.02. The number of benzene rings is 1. The Bertz CT molecular complexity index is 403. The number of nitrogens with two attached hydrogens (primary N) is 1. The molecule has 0 spiro atoms. The van der Waals surface area contributed by atoms with Crippen LogP contribution in [0.3, 0.4) is 0 Å². The second-order valence-electron chi connectivity index (χ2n) is 3.46. The second-order valence-corrected chi connectivity index (χ2v) is 3.46. The predicted octanol–water partition coefficient (Wildman–Crippen LogP) is 0.526. The lowest BCUT2D eigenvalue weighted by atomic mass is 10.3. The normalized spacial score (nSPS) is 9.83. The van der Waals surface area contributed by atoms with Gasteiger partial charge in [0.2, 0.25) is 5.91 Å². The van der Waals surface area contributed by atoms with Crippen molar-refractivity contribution < 1.29 is 19.1 Å². The molecule has 6 heteroatoms. The number of anilines is 1. The van der Waals surface area contributed by atoms with Gasteiger partial charge in [0.1, 0.15) is 12.4 Å². The van der Waals surface area contributed by atoms with Crippen LogP contribution in [0.4, 0.5) is 5.69 Å². The van der Waals surface area contributed by atoms with Gasteiger partial charge in [-0.05, 0) is 31.2 Å². The third-order valence-corrected chi connectivity index (χ3v) is 1.96. The molecule has 0 aliphatic rings. The maximum Gasteiger partial charge on any atom is 0.255 e. The molecule has 18 heavy (non-hydrogen) atoms. The molecule has 0 saturated heterocycles. The molecule has 0 aliphatic carbocycles. The van der Waals surface area contributed by atoms with Crippen LogP contribution in [0.2, 0.25) is 0 Å². The Labute approximate surface area is 105 Å². The van der Waals surface area contributed by atoms with Gasteiger partial charge in [-0.25, -0.2) is 0 Å². The third kappa shape index (κ3) is 5.31. The minimum Gasteiger partial charge on any atom is -0.484 e. The van der Waals surface area contributed by atoms with E-state index in [0.29, 0.717) is 18.0 Å². The summed E-state index contributed by atoms with van der Waals surface area (Å²) < 4.78 is 10.0. The molecule has 0 heterocycles. The summed E-state index contributed by atoms with van der Waals surface area (Å²) in [6, 6.07) is 6.61. The van der Waals surface area contributed by atoms with Gasteiger partial charge < -0.3 is 20.5 Å². The van der Waals surface area contributed by atoms with E-state index in [0.717, 1.165) is 0 Å². The number of primary amides is 1. The molecule has 1 rings (SSSR count). The summed E-state index contributed by atoms with van der Waals surface area (Å²) in [5.41, 5.74) is 5.58. The summed E-state index contributed by atoms with van der Waals surface area (Å²) in [6.07, 6.45) is 0. The molecule has 0 saturated carbocycles. The Morgan fingerprint density at radius 2 is 1.89 bits per heavy atom. The quantitative estimate of drug-likeness (QED) is 0.740. The molecule has 0 atom stereocenters. The lowest BCUT2D eigenvalue weighted by Crippen LogP contribution is -2.20. The number of carbonyl (C=O) groups excluding carboxylic acids is 2. The largest absolute Gasteiger partial charge is 0.484 e. The van der Waals surface area contributed by atoms with Gasteiger partial charge in [-0.3, -0.25) is 9.59 Å². The van der Waals surface area contributed by atoms with E-state index >= 15 is 0 Å². The molecule has 1 aromatic rings. The van der Waals surface area contributed by atoms with E-state index in [4.69, 9.17) is 15.2 Å². The first-order valence-corrected chi connectivity index (χ1v) is 5.50. The highest BCUT2D eigenvalue weighted by atomic mass is 16.5. The van der Waals surface area contributed by atoms with Gasteiger partial charge >= 0.3 is 0 Å². The topological polar surface area (TPSA) is 90.7 Å². The fraction of sp³-hybridized carbons (Fsp3) is 0.333. The molecule has 3 N–H and O–H groups in total. The number of hydrogen-bond donors (Lipinski definition) is 2. The van der Waals surface area contributed by atoms with Gasteiger partial charge in [0.15, 0.2) is 6.61 Å². The van der Waals surface area contributed by atoms with Gasteiger partial charge in [-0.15, -0.1) is 0 Å². The summed E-state index contributed by atoms with van der Waals surface area (Å²) in [6.45, 7) is 2.16. The average Bonchev–Trinajstić information content (AvgIpc) is 2.35. The lowest BCUT2D eigenvalue weighted by molar-refractivity contribution is -0.120. The van der Waals surface area contributed by atoms with Crippen LogP contribution in [0.25, 0.3) is 0 Å². The zero-order valence-corrected chi connectivity index (χ0v) is 10.1. The monoisotopic (exact) mass is 252 g/mol. The molecule has 0 radical (unpaired) electrons. The summed E-state index contributed by atoms with van der Waals surface area (Å²) in [5, 5.41) is 2.66. The molecule has 6 nitrogen and oxygen atoms in total. The van der Waals surface area contributed by atoms with Crippen LogP contribution in [0, 0.1) is 0 Å². The Hall–Kier alpha value is -2.08. The summed E-state index contributed by atoms with van der Waals surface area (Å²) in [7, 11) is 0. The van der Waals surface area contributed by atoms with E-state index < -0.39 is 5.91 Å². The number of carbonyl (C=O) groups is 2. The molecule has 0 bridgehead atoms. The SMILES string of the molecule is CCOCC(=O)Nc1ccc(OCC(N)=O)cc1. The van der Waals surface area contributed by atoms with Crippen LogP contribution in [-0.2, 0) is 14.3 Å². The van der Waals surface area contributed by atoms with E-state index in [1.54, 1.807) is 24.3 Å². The van der Waals surface area contributed by atoms with Crippen molar-refractivity contribution >= 4 is 17.5 Å². The van der Waals surface area contributed by atoms with Crippen molar-refractivity contribution in [1.82, 2.24) is 0 Å². The molecular formula is C12H16N2O4. The molecule has 0 aliphatic heterocycles. The maximum absolute atomic E-state index is 11.3. The zero-order chi connectivity index (χ0) is 13.4. The number of amides is 2. The molecule has 98 valence electrons. The molecule has 1 aromatic carbocycles. The van der Waals surface area contributed by atoms with Crippen molar-refractivity contribution in [2.75, 3.05) is 25.1 Å². The standard InChI is InChI=1S/C12H16N2O4/c1-2-17-8-12(16)14-9-3-5-10(6-4-9)18-7-11(13)15/h3-6H,2,7-8H2,1H3,(H2,13,15)(H,14,16). The predicted molar refractivity (Wildman–Crippen MR) is 66.3 cm³/mol. The Kier molecular flexibility index (Phi) is 5.66. The van der Waals surface area contributed by atoms with Crippen molar-refractivity contribution in [3.05, 3.63) is 24.3 Å². The van der Waals surface area contributed by atoms with Crippen molar-refractivity contribution in [2.45, 2.75) is 6.92 Å². The average molecular weight is 252 g/mol. The Morgan fingerprint density at radius 1 is 1.22 bits per heavy atom. The molecule has 2 amide bonds. The number of ether oxygens (including phenoxy) is 2. The number of rotatable bonds is 7. The van der Waals surface area contributed by atoms with Crippen molar-refractivity contribution in [3.8, 4) is 5.75 Å². The molecule has 0 unspecified atom stereocenters. The summed E-state index contributed by atoms with van der Waals surface area (Å²) in [5.74, 6) is -0.247. The Balaban J connectivity index is 2.44. The fourth-order valence-electron chi connectivity index (χ4n) is 1.18. The van der Waals surface area contributed by atoms with Crippen molar-refractivity contribution in [2.24, 2.45) is 5.73 Å². The highest BCUT2D eigenvalue weighted by molar-refractivity contribution is 5.91. The van der Waals surface area contributed by atoms with Gasteiger partial charge in [0.25, 0.3) is 5.91 Å². The smallest absolute Gasteiger partial charge is 0.255 e. The first-order valence-electron chi connectivity index (χ1n) is 5.50. The maximum atomic E-state index is 11.3. The molecule has 0 aromatic heterocycles. The molecular weight excluding hydrogens is 236 g/mol. The van der Waals surface area contributed by atoms with Gasteiger partial charge in [-0.1, -0.05) is 0 Å². The van der Waals surface area contributed by atoms with Crippen LogP contribution in [0.1, 0.15) is 6.92 Å². The zero-order valence-electron chi connectivity index (χ0n) is 10.1. The van der Waals surface area contributed by atoms with E-state index in [-0.39, 0.29) is 19.1 Å². The van der Waals surface area contributed by atoms with Crippen molar-refractivity contribution in [3.63, 3.8) is 0 Å². The Morgan fingerprint density at radius 3 is 2.44 bits per heavy atom. The van der Waals surface area contributed by atoms with Gasteiger partial charge in [-0.2, -0.15) is 0 Å². The van der Waals surface area contributed by atoms with Gasteiger partial charge in [0, 0.05) is 12.3 Å². The van der Waals surface area contributed by atoms with Crippen LogP contribution in [0.15, 0.2) is 24.3 Å². The highest BCUT2D eigenvalue weighted by Crippen LogP contribution is 2.15. The van der Waals surface area contributed by atoms with Crippen LogP contribution in [-0.4, -0.2) is 31.6 Å². The fourth-order valence-corrected chi connectivity index (χ4v) is 1.18. The van der Waals surface area contributed by atoms with Crippen LogP contribution in [0.5, 0.6) is 5.75 Å². The summed E-state index contributed by atoms with van der Waals surface area (Å²) in [4.78, 5) is 21.9. The van der Waals surface area contributed by atoms with E-state index in [1.165, 1.54) is 0 Å². The second kappa shape index (κ2) is 7.29. The van der Waals surface area contributed by atoms with Crippen LogP contribution >= 0.6 is 0 Å². The minimum absolute atomic E-state index is 0.0242. The lowest BCUT2D eigenvalue weighted by Gasteiger charge is -2.07. The third-order valence-electron chi connectivity index (χ3n) is 1.96. The van der Waals surface area contributed by atoms with Crippen LogP contribution < -0.4 is 15.8 Å².